The van der Waals surface area contributed by atoms with E-state index in [1.54, 1.807) is 0 Å². The van der Waals surface area contributed by atoms with E-state index >= 15 is 0 Å². The van der Waals surface area contributed by atoms with Crippen molar-refractivity contribution in [2.45, 2.75) is 26.2 Å². The van der Waals surface area contributed by atoms with Crippen LogP contribution in [0.3, 0.4) is 0 Å². The highest BCUT2D eigenvalue weighted by Gasteiger charge is 2.46. The maximum absolute atomic E-state index is 3.73. The van der Waals surface area contributed by atoms with Crippen LogP contribution in [-0.4, -0.2) is 0 Å². The molecule has 0 fully saturated rings. The van der Waals surface area contributed by atoms with Crippen molar-refractivity contribution in [1.82, 2.24) is 0 Å². The zero-order chi connectivity index (χ0) is 39.0. The molecular formula is C52H38Br4. The molecule has 9 rings (SSSR count). The standard InChI is InChI=1S/C27H20Br2.C25H18Br2/c1-17-3-7-19(8-4-17)27(20-9-5-18(2)6-10-20)25-15-21(28)11-13-23(25)24-14-12-22(29)16-26(24)27;1-17-2-4-18(5-3-17)21-14-22(19-6-10-24(26)11-7-19)16-23(15-21)20-8-12-25(27)13-9-20/h3-16H,1-2H3;2-16H,1H3. The quantitative estimate of drug-likeness (QED) is 0.161. The van der Waals surface area contributed by atoms with E-state index in [4.69, 9.17) is 0 Å². The topological polar surface area (TPSA) is 0 Å². The molecule has 0 heterocycles. The Morgan fingerprint density at radius 3 is 0.911 bits per heavy atom. The summed E-state index contributed by atoms with van der Waals surface area (Å²) in [6, 6.07) is 63.9. The van der Waals surface area contributed by atoms with Gasteiger partial charge in [0.05, 0.1) is 5.41 Å². The van der Waals surface area contributed by atoms with Crippen LogP contribution < -0.4 is 0 Å². The van der Waals surface area contributed by atoms with Gasteiger partial charge in [0, 0.05) is 17.9 Å². The van der Waals surface area contributed by atoms with Gasteiger partial charge < -0.3 is 0 Å². The van der Waals surface area contributed by atoms with Crippen molar-refractivity contribution in [2.24, 2.45) is 0 Å². The molecule has 0 N–H and O–H groups in total. The zero-order valence-electron chi connectivity index (χ0n) is 31.3. The molecule has 8 aromatic rings. The van der Waals surface area contributed by atoms with Gasteiger partial charge in [0.2, 0.25) is 0 Å². The summed E-state index contributed by atoms with van der Waals surface area (Å²) < 4.78 is 4.39. The molecule has 1 aliphatic rings. The largest absolute Gasteiger partial charge is 0.0714 e. The van der Waals surface area contributed by atoms with Crippen LogP contribution in [0.2, 0.25) is 0 Å². The highest BCUT2D eigenvalue weighted by atomic mass is 79.9. The van der Waals surface area contributed by atoms with Crippen LogP contribution in [0, 0.1) is 20.8 Å². The van der Waals surface area contributed by atoms with Crippen molar-refractivity contribution < 1.29 is 0 Å². The van der Waals surface area contributed by atoms with E-state index in [-0.39, 0.29) is 5.41 Å². The minimum absolute atomic E-state index is 0.348. The van der Waals surface area contributed by atoms with Gasteiger partial charge in [-0.1, -0.05) is 190 Å². The molecule has 1 aliphatic carbocycles. The predicted molar refractivity (Wildman–Crippen MR) is 252 cm³/mol. The lowest BCUT2D eigenvalue weighted by atomic mass is 9.67. The third kappa shape index (κ3) is 7.70. The second-order valence-electron chi connectivity index (χ2n) is 14.5. The van der Waals surface area contributed by atoms with Crippen LogP contribution in [0.5, 0.6) is 0 Å². The summed E-state index contributed by atoms with van der Waals surface area (Å²) in [5.41, 5.74) is 18.7. The summed E-state index contributed by atoms with van der Waals surface area (Å²) in [7, 11) is 0. The van der Waals surface area contributed by atoms with Crippen molar-refractivity contribution in [3.63, 3.8) is 0 Å². The van der Waals surface area contributed by atoms with Gasteiger partial charge >= 0.3 is 0 Å². The minimum Gasteiger partial charge on any atom is -0.0590 e. The lowest BCUT2D eigenvalue weighted by Crippen LogP contribution is -2.28. The number of fused-ring (bicyclic) bond motifs is 3. The maximum atomic E-state index is 3.73. The van der Waals surface area contributed by atoms with Crippen LogP contribution in [0.25, 0.3) is 44.5 Å². The lowest BCUT2D eigenvalue weighted by Gasteiger charge is -2.34. The van der Waals surface area contributed by atoms with Crippen LogP contribution in [0.4, 0.5) is 0 Å². The normalized spacial score (nSPS) is 12.3. The molecule has 4 heteroatoms. The Morgan fingerprint density at radius 2 is 0.571 bits per heavy atom. The van der Waals surface area contributed by atoms with Gasteiger partial charge in [-0.05, 0) is 154 Å². The number of rotatable bonds is 5. The van der Waals surface area contributed by atoms with E-state index in [0.717, 1.165) is 17.9 Å². The van der Waals surface area contributed by atoms with Crippen LogP contribution in [0.1, 0.15) is 38.9 Å². The summed E-state index contributed by atoms with van der Waals surface area (Å²) in [5.74, 6) is 0. The predicted octanol–water partition coefficient (Wildman–Crippen LogP) is 16.7. The SMILES string of the molecule is Cc1ccc(-c2cc(-c3ccc(Br)cc3)cc(-c3ccc(Br)cc3)c2)cc1.Cc1ccc(C2(c3ccc(C)cc3)c3cc(Br)ccc3-c3ccc(Br)cc32)cc1. The smallest absolute Gasteiger partial charge is 0.0590 e. The fraction of sp³-hybridized carbons (Fsp3) is 0.0769. The highest BCUT2D eigenvalue weighted by Crippen LogP contribution is 2.57. The third-order valence-electron chi connectivity index (χ3n) is 10.7. The summed E-state index contributed by atoms with van der Waals surface area (Å²) in [4.78, 5) is 0. The average molecular weight is 982 g/mol. The summed E-state index contributed by atoms with van der Waals surface area (Å²) >= 11 is 14.5. The molecule has 0 radical (unpaired) electrons. The molecule has 0 atom stereocenters. The first-order valence-electron chi connectivity index (χ1n) is 18.6. The molecule has 274 valence electrons. The van der Waals surface area contributed by atoms with Crippen molar-refractivity contribution in [1.29, 1.82) is 0 Å². The zero-order valence-corrected chi connectivity index (χ0v) is 37.6. The second-order valence-corrected chi connectivity index (χ2v) is 18.2. The molecule has 0 bridgehead atoms. The van der Waals surface area contributed by atoms with Crippen LogP contribution in [-0.2, 0) is 5.41 Å². The van der Waals surface area contributed by atoms with E-state index < -0.39 is 0 Å². The number of benzene rings is 8. The number of aryl methyl sites for hydroxylation is 3. The molecule has 0 aromatic heterocycles. The van der Waals surface area contributed by atoms with Crippen molar-refractivity contribution in [2.75, 3.05) is 0 Å². The maximum Gasteiger partial charge on any atom is 0.0714 e. The molecule has 0 unspecified atom stereocenters. The van der Waals surface area contributed by atoms with E-state index in [0.29, 0.717) is 0 Å². The lowest BCUT2D eigenvalue weighted by molar-refractivity contribution is 0.766. The average Bonchev–Trinajstić information content (AvgIpc) is 3.48. The molecule has 0 saturated heterocycles. The first-order chi connectivity index (χ1) is 27.1. The molecule has 8 aromatic carbocycles. The van der Waals surface area contributed by atoms with E-state index in [9.17, 15) is 0 Å². The Balaban J connectivity index is 0.000000158. The monoisotopic (exact) mass is 978 g/mol. The first-order valence-corrected chi connectivity index (χ1v) is 21.7. The van der Waals surface area contributed by atoms with Crippen LogP contribution in [0.15, 0.2) is 194 Å². The fourth-order valence-corrected chi connectivity index (χ4v) is 9.07. The highest BCUT2D eigenvalue weighted by molar-refractivity contribution is 9.11. The van der Waals surface area contributed by atoms with E-state index in [2.05, 4.69) is 260 Å². The van der Waals surface area contributed by atoms with Gasteiger partial charge in [-0.3, -0.25) is 0 Å². The first kappa shape index (κ1) is 38.5. The fourth-order valence-electron chi connectivity index (χ4n) is 7.82. The van der Waals surface area contributed by atoms with Crippen molar-refractivity contribution in [3.05, 3.63) is 233 Å². The van der Waals surface area contributed by atoms with Gasteiger partial charge in [-0.15, -0.1) is 0 Å². The van der Waals surface area contributed by atoms with Gasteiger partial charge in [0.15, 0.2) is 0 Å². The Labute approximate surface area is 364 Å². The number of halogens is 4. The Bertz CT molecular complexity index is 2400. The molecule has 0 aliphatic heterocycles. The van der Waals surface area contributed by atoms with Crippen LogP contribution >= 0.6 is 63.7 Å². The second kappa shape index (κ2) is 16.3. The summed E-state index contributed by atoms with van der Waals surface area (Å²) in [6.07, 6.45) is 0. The Kier molecular flexibility index (Phi) is 11.2. The van der Waals surface area contributed by atoms with E-state index in [1.165, 1.54) is 83.5 Å². The molecule has 0 spiro atoms. The molecule has 0 nitrogen and oxygen atoms in total. The Hall–Kier alpha value is -4.32. The number of hydrogen-bond acceptors (Lipinski definition) is 0. The van der Waals surface area contributed by atoms with Gasteiger partial charge in [0.25, 0.3) is 0 Å². The summed E-state index contributed by atoms with van der Waals surface area (Å²) in [5, 5.41) is 0. The number of hydrogen-bond donors (Lipinski definition) is 0. The Morgan fingerprint density at radius 1 is 0.286 bits per heavy atom. The van der Waals surface area contributed by atoms with Crippen molar-refractivity contribution in [3.8, 4) is 44.5 Å². The van der Waals surface area contributed by atoms with Crippen molar-refractivity contribution >= 4 is 63.7 Å². The molecule has 56 heavy (non-hydrogen) atoms. The molecule has 0 saturated carbocycles. The molecular weight excluding hydrogens is 944 g/mol. The molecule has 0 amide bonds. The van der Waals surface area contributed by atoms with Gasteiger partial charge in [0.1, 0.15) is 0 Å². The minimum atomic E-state index is -0.348. The third-order valence-corrected chi connectivity index (χ3v) is 12.7. The van der Waals surface area contributed by atoms with E-state index in [1.807, 2.05) is 0 Å². The van der Waals surface area contributed by atoms with Gasteiger partial charge in [-0.2, -0.15) is 0 Å². The summed E-state index contributed by atoms with van der Waals surface area (Å²) in [6.45, 7) is 6.41. The van der Waals surface area contributed by atoms with Gasteiger partial charge in [-0.25, -0.2) is 0 Å².